The van der Waals surface area contributed by atoms with Gasteiger partial charge in [0.15, 0.2) is 0 Å². The topological polar surface area (TPSA) is 44.5 Å². The van der Waals surface area contributed by atoms with Crippen molar-refractivity contribution >= 4 is 0 Å². The van der Waals surface area contributed by atoms with Gasteiger partial charge in [-0.25, -0.2) is 0 Å². The van der Waals surface area contributed by atoms with Crippen LogP contribution in [-0.4, -0.2) is 24.9 Å². The highest BCUT2D eigenvalue weighted by molar-refractivity contribution is 5.13. The summed E-state index contributed by atoms with van der Waals surface area (Å²) in [5.74, 6) is 0.703. The molecule has 128 valence electrons. The van der Waals surface area contributed by atoms with E-state index in [9.17, 15) is 0 Å². The van der Waals surface area contributed by atoms with Gasteiger partial charge in [0.1, 0.15) is 0 Å². The van der Waals surface area contributed by atoms with Crippen LogP contribution >= 0.6 is 0 Å². The van der Waals surface area contributed by atoms with E-state index in [4.69, 9.17) is 15.2 Å². The van der Waals surface area contributed by atoms with Crippen molar-refractivity contribution in [2.45, 2.75) is 76.3 Å². The molecule has 1 aromatic carbocycles. The Labute approximate surface area is 140 Å². The van der Waals surface area contributed by atoms with Gasteiger partial charge in [-0.3, -0.25) is 0 Å². The summed E-state index contributed by atoms with van der Waals surface area (Å²) >= 11 is 0. The quantitative estimate of drug-likeness (QED) is 0.891. The van der Waals surface area contributed by atoms with Crippen molar-refractivity contribution < 1.29 is 9.47 Å². The van der Waals surface area contributed by atoms with Crippen molar-refractivity contribution in [2.24, 2.45) is 11.7 Å². The maximum absolute atomic E-state index is 6.30. The van der Waals surface area contributed by atoms with Gasteiger partial charge in [-0.05, 0) is 24.3 Å². The average Bonchev–Trinajstić information content (AvgIpc) is 2.97. The largest absolute Gasteiger partial charge is 0.371 e. The first-order chi connectivity index (χ1) is 11.4. The molecule has 1 aliphatic carbocycles. The molecular formula is C20H31NO2. The molecule has 2 aliphatic rings. The molecule has 3 nitrogen and oxygen atoms in total. The molecule has 0 amide bonds. The Morgan fingerprint density at radius 3 is 2.39 bits per heavy atom. The highest BCUT2D eigenvalue weighted by atomic mass is 16.6. The smallest absolute Gasteiger partial charge is 0.0963 e. The van der Waals surface area contributed by atoms with E-state index in [-0.39, 0.29) is 12.2 Å². The van der Waals surface area contributed by atoms with E-state index >= 15 is 0 Å². The number of hydrogen-bond acceptors (Lipinski definition) is 3. The van der Waals surface area contributed by atoms with Gasteiger partial charge >= 0.3 is 0 Å². The van der Waals surface area contributed by atoms with Gasteiger partial charge in [-0.1, -0.05) is 62.4 Å². The minimum atomic E-state index is 0.0640. The Kier molecular flexibility index (Phi) is 6.49. The van der Waals surface area contributed by atoms with Crippen molar-refractivity contribution in [2.75, 3.05) is 6.54 Å². The fourth-order valence-corrected chi connectivity index (χ4v) is 4.07. The summed E-state index contributed by atoms with van der Waals surface area (Å²) in [7, 11) is 0. The Morgan fingerprint density at radius 1 is 1.00 bits per heavy atom. The first-order valence-corrected chi connectivity index (χ1v) is 9.38. The van der Waals surface area contributed by atoms with E-state index in [1.54, 1.807) is 0 Å². The van der Waals surface area contributed by atoms with Crippen molar-refractivity contribution in [1.29, 1.82) is 0 Å². The second-order valence-corrected chi connectivity index (χ2v) is 7.12. The van der Waals surface area contributed by atoms with Crippen LogP contribution < -0.4 is 5.73 Å². The van der Waals surface area contributed by atoms with Gasteiger partial charge in [0.05, 0.1) is 24.9 Å². The van der Waals surface area contributed by atoms with Crippen LogP contribution in [0.3, 0.4) is 0 Å². The molecule has 1 saturated carbocycles. The molecule has 0 spiro atoms. The van der Waals surface area contributed by atoms with Crippen LogP contribution in [0.15, 0.2) is 30.3 Å². The highest BCUT2D eigenvalue weighted by Gasteiger charge is 2.38. The summed E-state index contributed by atoms with van der Waals surface area (Å²) in [6.07, 6.45) is 11.1. The van der Waals surface area contributed by atoms with Gasteiger partial charge < -0.3 is 15.2 Å². The van der Waals surface area contributed by atoms with Crippen LogP contribution in [0, 0.1) is 5.92 Å². The van der Waals surface area contributed by atoms with Crippen LogP contribution in [0.2, 0.25) is 0 Å². The third kappa shape index (κ3) is 4.79. The SMILES string of the molecule is NCC1O[C@@H](C2CCCCCCC2)C[C@H]1OCc1ccccc1. The maximum Gasteiger partial charge on any atom is 0.0963 e. The normalized spacial score (nSPS) is 30.0. The molecule has 1 aromatic rings. The fraction of sp³-hybridized carbons (Fsp3) is 0.700. The molecule has 0 radical (unpaired) electrons. The van der Waals surface area contributed by atoms with Crippen molar-refractivity contribution in [1.82, 2.24) is 0 Å². The van der Waals surface area contributed by atoms with E-state index in [0.29, 0.717) is 25.2 Å². The van der Waals surface area contributed by atoms with Crippen molar-refractivity contribution in [3.05, 3.63) is 35.9 Å². The minimum absolute atomic E-state index is 0.0640. The Bertz CT molecular complexity index is 442. The molecule has 0 aromatic heterocycles. The summed E-state index contributed by atoms with van der Waals surface area (Å²) in [5, 5.41) is 0. The first kappa shape index (κ1) is 16.9. The van der Waals surface area contributed by atoms with E-state index < -0.39 is 0 Å². The predicted molar refractivity (Wildman–Crippen MR) is 93.2 cm³/mol. The van der Waals surface area contributed by atoms with Gasteiger partial charge in [0.25, 0.3) is 0 Å². The first-order valence-electron chi connectivity index (χ1n) is 9.38. The molecule has 1 aliphatic heterocycles. The number of benzene rings is 1. The minimum Gasteiger partial charge on any atom is -0.371 e. The van der Waals surface area contributed by atoms with Gasteiger partial charge in [-0.15, -0.1) is 0 Å². The van der Waals surface area contributed by atoms with Crippen LogP contribution in [0.25, 0.3) is 0 Å². The third-order valence-electron chi connectivity index (χ3n) is 5.44. The molecule has 3 heteroatoms. The Hall–Kier alpha value is -0.900. The van der Waals surface area contributed by atoms with Crippen molar-refractivity contribution in [3.8, 4) is 0 Å². The lowest BCUT2D eigenvalue weighted by Crippen LogP contribution is -2.32. The molecule has 1 saturated heterocycles. The lowest BCUT2D eigenvalue weighted by Gasteiger charge is -2.25. The molecule has 1 unspecified atom stereocenters. The molecule has 2 N–H and O–H groups in total. The van der Waals surface area contributed by atoms with Gasteiger partial charge in [-0.2, -0.15) is 0 Å². The monoisotopic (exact) mass is 317 g/mol. The summed E-state index contributed by atoms with van der Waals surface area (Å²) in [6, 6.07) is 10.4. The lowest BCUT2D eigenvalue weighted by molar-refractivity contribution is -0.0356. The van der Waals surface area contributed by atoms with Crippen LogP contribution in [0.4, 0.5) is 0 Å². The zero-order chi connectivity index (χ0) is 15.9. The number of hydrogen-bond donors (Lipinski definition) is 1. The fourth-order valence-electron chi connectivity index (χ4n) is 4.07. The Morgan fingerprint density at radius 2 is 1.70 bits per heavy atom. The van der Waals surface area contributed by atoms with E-state index in [1.807, 2.05) is 6.07 Å². The van der Waals surface area contributed by atoms with Crippen LogP contribution in [0.1, 0.15) is 56.9 Å². The summed E-state index contributed by atoms with van der Waals surface area (Å²) in [6.45, 7) is 1.21. The zero-order valence-electron chi connectivity index (χ0n) is 14.2. The molecule has 3 rings (SSSR count). The predicted octanol–water partition coefficient (Wildman–Crippen LogP) is 4.05. The molecule has 3 atom stereocenters. The second kappa shape index (κ2) is 8.81. The standard InChI is InChI=1S/C20H31NO2/c21-14-20-19(22-15-16-9-5-4-6-10-16)13-18(23-20)17-11-7-2-1-3-8-12-17/h4-6,9-10,17-20H,1-3,7-8,11-15,21H2/t18-,19-,20?/m1/s1. The van der Waals surface area contributed by atoms with Gasteiger partial charge in [0, 0.05) is 13.0 Å². The molecule has 23 heavy (non-hydrogen) atoms. The summed E-state index contributed by atoms with van der Waals surface area (Å²) in [4.78, 5) is 0. The highest BCUT2D eigenvalue weighted by Crippen LogP contribution is 2.34. The second-order valence-electron chi connectivity index (χ2n) is 7.12. The number of rotatable bonds is 5. The summed E-state index contributed by atoms with van der Waals surface area (Å²) in [5.41, 5.74) is 7.16. The molecule has 0 bridgehead atoms. The lowest BCUT2D eigenvalue weighted by atomic mass is 9.86. The third-order valence-corrected chi connectivity index (χ3v) is 5.44. The zero-order valence-corrected chi connectivity index (χ0v) is 14.2. The number of nitrogens with two attached hydrogens (primary N) is 1. The van der Waals surface area contributed by atoms with Gasteiger partial charge in [0.2, 0.25) is 0 Å². The molecular weight excluding hydrogens is 286 g/mol. The van der Waals surface area contributed by atoms with Crippen LogP contribution in [0.5, 0.6) is 0 Å². The van der Waals surface area contributed by atoms with Crippen LogP contribution in [-0.2, 0) is 16.1 Å². The van der Waals surface area contributed by atoms with E-state index in [2.05, 4.69) is 24.3 Å². The maximum atomic E-state index is 6.30. The molecule has 2 fully saturated rings. The van der Waals surface area contributed by atoms with Crippen molar-refractivity contribution in [3.63, 3.8) is 0 Å². The van der Waals surface area contributed by atoms with E-state index in [1.165, 1.54) is 50.5 Å². The Balaban J connectivity index is 1.54. The number of ether oxygens (including phenoxy) is 2. The molecule has 1 heterocycles. The van der Waals surface area contributed by atoms with E-state index in [0.717, 1.165) is 6.42 Å². The summed E-state index contributed by atoms with van der Waals surface area (Å²) < 4.78 is 12.5. The average molecular weight is 317 g/mol.